The third kappa shape index (κ3) is 3.36. The summed E-state index contributed by atoms with van der Waals surface area (Å²) in [6, 6.07) is 5.92. The SMILES string of the molecule is Fc1cc(Br)cc(CN2CCCN3CCCC3C2)c1. The van der Waals surface area contributed by atoms with E-state index < -0.39 is 0 Å². The van der Waals surface area contributed by atoms with Crippen molar-refractivity contribution in [2.75, 3.05) is 26.2 Å². The zero-order valence-corrected chi connectivity index (χ0v) is 12.7. The summed E-state index contributed by atoms with van der Waals surface area (Å²) < 4.78 is 14.3. The van der Waals surface area contributed by atoms with Crippen molar-refractivity contribution < 1.29 is 4.39 Å². The zero-order valence-electron chi connectivity index (χ0n) is 11.1. The van der Waals surface area contributed by atoms with Crippen LogP contribution < -0.4 is 0 Å². The van der Waals surface area contributed by atoms with E-state index in [4.69, 9.17) is 0 Å². The number of hydrogen-bond donors (Lipinski definition) is 0. The molecule has 2 aliphatic heterocycles. The molecule has 2 heterocycles. The number of hydrogen-bond acceptors (Lipinski definition) is 2. The first-order chi connectivity index (χ1) is 9.20. The second-order valence-corrected chi connectivity index (χ2v) is 6.61. The molecule has 1 aromatic rings. The van der Waals surface area contributed by atoms with Gasteiger partial charge in [0.05, 0.1) is 0 Å². The van der Waals surface area contributed by atoms with Gasteiger partial charge in [0.1, 0.15) is 5.82 Å². The molecule has 2 saturated heterocycles. The summed E-state index contributed by atoms with van der Waals surface area (Å²) in [4.78, 5) is 5.11. The van der Waals surface area contributed by atoms with Gasteiger partial charge in [0.25, 0.3) is 0 Å². The van der Waals surface area contributed by atoms with Crippen LogP contribution in [0.25, 0.3) is 0 Å². The Hall–Kier alpha value is -0.450. The highest BCUT2D eigenvalue weighted by atomic mass is 79.9. The summed E-state index contributed by atoms with van der Waals surface area (Å²) in [5.41, 5.74) is 1.07. The van der Waals surface area contributed by atoms with Crippen molar-refractivity contribution in [3.8, 4) is 0 Å². The third-order valence-corrected chi connectivity index (χ3v) is 4.67. The molecular formula is C15H20BrFN2. The predicted octanol–water partition coefficient (Wildman–Crippen LogP) is 3.26. The molecule has 0 spiro atoms. The lowest BCUT2D eigenvalue weighted by atomic mass is 10.1. The lowest BCUT2D eigenvalue weighted by molar-refractivity contribution is 0.215. The van der Waals surface area contributed by atoms with Crippen LogP contribution in [0.4, 0.5) is 4.39 Å². The highest BCUT2D eigenvalue weighted by Gasteiger charge is 2.28. The maximum absolute atomic E-state index is 13.4. The fraction of sp³-hybridized carbons (Fsp3) is 0.600. The monoisotopic (exact) mass is 326 g/mol. The highest BCUT2D eigenvalue weighted by Crippen LogP contribution is 2.23. The lowest BCUT2D eigenvalue weighted by Gasteiger charge is -2.25. The van der Waals surface area contributed by atoms with Gasteiger partial charge in [0, 0.05) is 23.6 Å². The minimum Gasteiger partial charge on any atom is -0.299 e. The fourth-order valence-corrected chi connectivity index (χ4v) is 3.90. The number of nitrogens with zero attached hydrogens (tertiary/aromatic N) is 2. The number of halogens is 2. The van der Waals surface area contributed by atoms with Crippen molar-refractivity contribution in [1.82, 2.24) is 9.80 Å². The van der Waals surface area contributed by atoms with Crippen LogP contribution in [0, 0.1) is 5.82 Å². The maximum Gasteiger partial charge on any atom is 0.124 e. The van der Waals surface area contributed by atoms with Crippen molar-refractivity contribution in [2.45, 2.75) is 31.8 Å². The van der Waals surface area contributed by atoms with Gasteiger partial charge in [0.2, 0.25) is 0 Å². The molecule has 104 valence electrons. The van der Waals surface area contributed by atoms with Gasteiger partial charge in [-0.25, -0.2) is 4.39 Å². The number of benzene rings is 1. The number of fused-ring (bicyclic) bond motifs is 1. The third-order valence-electron chi connectivity index (χ3n) is 4.22. The molecule has 1 atom stereocenters. The molecule has 0 aliphatic carbocycles. The van der Waals surface area contributed by atoms with Crippen LogP contribution in [-0.4, -0.2) is 42.0 Å². The molecule has 2 aliphatic rings. The Morgan fingerprint density at radius 3 is 2.84 bits per heavy atom. The Morgan fingerprint density at radius 1 is 1.16 bits per heavy atom. The van der Waals surface area contributed by atoms with Crippen LogP contribution in [0.1, 0.15) is 24.8 Å². The van der Waals surface area contributed by atoms with E-state index >= 15 is 0 Å². The number of rotatable bonds is 2. The quantitative estimate of drug-likeness (QED) is 0.823. The lowest BCUT2D eigenvalue weighted by Crippen LogP contribution is -2.36. The average molecular weight is 327 g/mol. The van der Waals surface area contributed by atoms with Crippen molar-refractivity contribution in [2.24, 2.45) is 0 Å². The van der Waals surface area contributed by atoms with E-state index in [0.29, 0.717) is 0 Å². The molecule has 1 unspecified atom stereocenters. The van der Waals surface area contributed by atoms with E-state index in [9.17, 15) is 4.39 Å². The minimum absolute atomic E-state index is 0.151. The molecule has 0 bridgehead atoms. The summed E-state index contributed by atoms with van der Waals surface area (Å²) >= 11 is 3.37. The van der Waals surface area contributed by atoms with Crippen molar-refractivity contribution in [3.05, 3.63) is 34.1 Å². The van der Waals surface area contributed by atoms with Gasteiger partial charge in [-0.05, 0) is 62.7 Å². The Balaban J connectivity index is 1.68. The summed E-state index contributed by atoms with van der Waals surface area (Å²) in [7, 11) is 0. The first-order valence-electron chi connectivity index (χ1n) is 7.12. The second kappa shape index (κ2) is 5.90. The van der Waals surface area contributed by atoms with Gasteiger partial charge >= 0.3 is 0 Å². The predicted molar refractivity (Wildman–Crippen MR) is 78.6 cm³/mol. The van der Waals surface area contributed by atoms with E-state index in [0.717, 1.165) is 35.7 Å². The van der Waals surface area contributed by atoms with E-state index in [1.165, 1.54) is 38.4 Å². The Morgan fingerprint density at radius 2 is 2.00 bits per heavy atom. The molecule has 0 amide bonds. The first-order valence-corrected chi connectivity index (χ1v) is 7.91. The Labute approximate surface area is 122 Å². The molecule has 2 nitrogen and oxygen atoms in total. The molecule has 0 N–H and O–H groups in total. The van der Waals surface area contributed by atoms with Crippen LogP contribution in [0.15, 0.2) is 22.7 Å². The molecule has 0 radical (unpaired) electrons. The summed E-state index contributed by atoms with van der Waals surface area (Å²) in [5, 5.41) is 0. The van der Waals surface area contributed by atoms with Crippen molar-refractivity contribution in [3.63, 3.8) is 0 Å². The van der Waals surface area contributed by atoms with Gasteiger partial charge in [-0.2, -0.15) is 0 Å². The maximum atomic E-state index is 13.4. The van der Waals surface area contributed by atoms with E-state index in [2.05, 4.69) is 25.7 Å². The Kier molecular flexibility index (Phi) is 4.20. The molecule has 0 aromatic heterocycles. The molecule has 0 saturated carbocycles. The van der Waals surface area contributed by atoms with Gasteiger partial charge in [-0.3, -0.25) is 9.80 Å². The molecule has 19 heavy (non-hydrogen) atoms. The summed E-state index contributed by atoms with van der Waals surface area (Å²) in [6.45, 7) is 5.62. The molecule has 2 fully saturated rings. The van der Waals surface area contributed by atoms with Gasteiger partial charge in [0.15, 0.2) is 0 Å². The van der Waals surface area contributed by atoms with Crippen LogP contribution in [-0.2, 0) is 6.54 Å². The smallest absolute Gasteiger partial charge is 0.124 e. The van der Waals surface area contributed by atoms with Gasteiger partial charge in [-0.1, -0.05) is 15.9 Å². The molecule has 3 rings (SSSR count). The standard InChI is InChI=1S/C15H20BrFN2/c16-13-7-12(8-14(17)9-13)10-18-4-2-6-19-5-1-3-15(19)11-18/h7-9,15H,1-6,10-11H2. The highest BCUT2D eigenvalue weighted by molar-refractivity contribution is 9.10. The Bertz CT molecular complexity index is 432. The molecule has 4 heteroatoms. The first kappa shape index (κ1) is 13.5. The van der Waals surface area contributed by atoms with E-state index in [-0.39, 0.29) is 5.82 Å². The zero-order chi connectivity index (χ0) is 13.2. The van der Waals surface area contributed by atoms with Crippen molar-refractivity contribution >= 4 is 15.9 Å². The summed E-state index contributed by atoms with van der Waals surface area (Å²) in [5.74, 6) is -0.151. The van der Waals surface area contributed by atoms with E-state index in [1.54, 1.807) is 6.07 Å². The normalized spacial score (nSPS) is 25.3. The second-order valence-electron chi connectivity index (χ2n) is 5.70. The summed E-state index contributed by atoms with van der Waals surface area (Å²) in [6.07, 6.45) is 3.89. The largest absolute Gasteiger partial charge is 0.299 e. The van der Waals surface area contributed by atoms with Crippen LogP contribution in [0.2, 0.25) is 0 Å². The molecular weight excluding hydrogens is 307 g/mol. The van der Waals surface area contributed by atoms with Crippen LogP contribution >= 0.6 is 15.9 Å². The fourth-order valence-electron chi connectivity index (χ4n) is 3.39. The topological polar surface area (TPSA) is 6.48 Å². The van der Waals surface area contributed by atoms with Crippen molar-refractivity contribution in [1.29, 1.82) is 0 Å². The minimum atomic E-state index is -0.151. The average Bonchev–Trinajstić information content (AvgIpc) is 2.67. The molecule has 1 aromatic carbocycles. The van der Waals surface area contributed by atoms with E-state index in [1.807, 2.05) is 6.07 Å². The van der Waals surface area contributed by atoms with Gasteiger partial charge in [-0.15, -0.1) is 0 Å². The van der Waals surface area contributed by atoms with Crippen LogP contribution in [0.3, 0.4) is 0 Å². The van der Waals surface area contributed by atoms with Gasteiger partial charge < -0.3 is 0 Å². The van der Waals surface area contributed by atoms with Crippen LogP contribution in [0.5, 0.6) is 0 Å².